The first-order valence-electron chi connectivity index (χ1n) is 42.3. The van der Waals surface area contributed by atoms with E-state index >= 15 is 0 Å². The molecule has 0 spiro atoms. The van der Waals surface area contributed by atoms with Gasteiger partial charge in [-0.05, 0) is 173 Å². The van der Waals surface area contributed by atoms with Gasteiger partial charge in [0.15, 0.2) is 6.29 Å². The Hall–Kier alpha value is -14.9. The molecule has 10 aromatic heterocycles. The minimum Gasteiger partial charge on any atom is -0.497 e. The van der Waals surface area contributed by atoms with Crippen LogP contribution in [0.15, 0.2) is 113 Å². The summed E-state index contributed by atoms with van der Waals surface area (Å²) in [6, 6.07) is 20.5. The van der Waals surface area contributed by atoms with Gasteiger partial charge >= 0.3 is 61.0 Å². The molecule has 1 aliphatic rings. The molecule has 16 rings (SSSR count). The number of benzene rings is 5. The molecule has 0 saturated carbocycles. The summed E-state index contributed by atoms with van der Waals surface area (Å²) in [6.07, 6.45) is -22.2. The second kappa shape index (κ2) is 45.3. The molecule has 52 heteroatoms. The number of aryl methyl sites for hydroxylation is 5. The average Bonchev–Trinajstić information content (AvgIpc) is 1.54. The normalized spacial score (nSPS) is 12.4. The molecule has 0 unspecified atom stereocenters. The molecule has 1 aliphatic heterocycles. The highest BCUT2D eigenvalue weighted by atomic mass is 19.4. The lowest BCUT2D eigenvalue weighted by atomic mass is 10.0. The number of nitrogens with one attached hydrogen (secondary N) is 5. The van der Waals surface area contributed by atoms with Crippen molar-refractivity contribution in [3.63, 3.8) is 0 Å². The molecule has 37 nitrogen and oxygen atoms in total. The number of likely N-dealkylation sites (N-methyl/N-ethyl adjacent to an activating group) is 1. The van der Waals surface area contributed by atoms with E-state index in [2.05, 4.69) is 102 Å². The highest BCUT2D eigenvalue weighted by Crippen LogP contribution is 2.46. The summed E-state index contributed by atoms with van der Waals surface area (Å²) in [6.45, 7) is 14.6. The number of hydrogen-bond donors (Lipinski definition) is 6. The standard InChI is InChI=1S/C19H21F3N4O3.C18H18F3N5O3.C18H17F3N4O4.2C17H17F3N4O3/c1-4-28-7-5-6-23-18-26-25-17(29-18)15-8-11(2)13-9-12(27-3)10-14(16(13)24-15)19(20,21)22;1-9-5-13(16-24-25-17(29-16)22-8-14(27)26(2)3)23-15-11(9)6-10(28-4)7-12(15)18(19,20)21;1-9-5-13(16-24-25-17(29-16)22-8-14-27-3-4-28-14)23-15-11(9)6-10(26-2)7-12(15)18(19,20)21;1-9-6-13(15-23-24-16(27-15)21-4-5-25-2)22-14-11(9)7-10(26-3)8-12(14)17(18,19)20;1-9-6-13(15-23-24-16(27-15)21-4-3-5-25)22-14-11(9)7-10(26-2)8-12(14)17(18,19)20/h8-10H,4-7H2,1-3H3,(H,23,26);5-7H,8H2,1-4H3,(H,22,25);5-7,14H,3-4,8H2,1-2H3,(H,22,25);6-8H,4-5H2,1-3H3,(H,21,24);6-8,25H,3-5H2,1-2H3,(H,21,24). The molecule has 0 atom stereocenters. The molecule has 11 heterocycles. The van der Waals surface area contributed by atoms with Crippen LogP contribution in [0, 0.1) is 34.6 Å². The van der Waals surface area contributed by atoms with Crippen molar-refractivity contribution in [2.75, 3.05) is 156 Å². The number of halogens is 15. The van der Waals surface area contributed by atoms with Crippen LogP contribution in [0.3, 0.4) is 0 Å². The summed E-state index contributed by atoms with van der Waals surface area (Å²) < 4.78 is 276. The fourth-order valence-electron chi connectivity index (χ4n) is 13.6. The lowest BCUT2D eigenvalue weighted by molar-refractivity contribution is -0.137. The van der Waals surface area contributed by atoms with Gasteiger partial charge in [0.1, 0.15) is 57.2 Å². The van der Waals surface area contributed by atoms with E-state index in [0.29, 0.717) is 120 Å². The van der Waals surface area contributed by atoms with Gasteiger partial charge in [0.2, 0.25) is 5.91 Å². The highest BCUT2D eigenvalue weighted by molar-refractivity contribution is 5.93. The van der Waals surface area contributed by atoms with Gasteiger partial charge in [0.25, 0.3) is 29.5 Å². The minimum absolute atomic E-state index is 0.00308. The van der Waals surface area contributed by atoms with Crippen molar-refractivity contribution in [2.45, 2.75) is 91.6 Å². The summed E-state index contributed by atoms with van der Waals surface area (Å²) in [7, 11) is 11.3. The third-order valence-electron chi connectivity index (χ3n) is 20.5. The smallest absolute Gasteiger partial charge is 0.418 e. The number of nitrogens with zero attached hydrogens (tertiary/aromatic N) is 16. The predicted octanol–water partition coefficient (Wildman–Crippen LogP) is 18.1. The number of aliphatic hydroxyl groups is 1. The molecule has 752 valence electrons. The van der Waals surface area contributed by atoms with Crippen molar-refractivity contribution in [2.24, 2.45) is 0 Å². The number of fused-ring (bicyclic) bond motifs is 5. The van der Waals surface area contributed by atoms with Crippen molar-refractivity contribution >= 4 is 90.5 Å². The van der Waals surface area contributed by atoms with Gasteiger partial charge in [0, 0.05) is 87.6 Å². The highest BCUT2D eigenvalue weighted by Gasteiger charge is 2.40. The van der Waals surface area contributed by atoms with E-state index in [0.717, 1.165) is 36.8 Å². The average molecular weight is 1990 g/mol. The molecule has 0 aliphatic carbocycles. The Labute approximate surface area is 789 Å². The lowest BCUT2D eigenvalue weighted by Crippen LogP contribution is -2.28. The topological polar surface area (TPSA) is 443 Å². The summed E-state index contributed by atoms with van der Waals surface area (Å²) in [4.78, 5) is 33.7. The van der Waals surface area contributed by atoms with Crippen LogP contribution in [-0.2, 0) is 54.6 Å². The van der Waals surface area contributed by atoms with E-state index in [1.807, 2.05) is 6.92 Å². The molecular weight excluding hydrogens is 1900 g/mol. The number of carbonyl (C=O) groups excluding carboxylic acids is 1. The summed E-state index contributed by atoms with van der Waals surface area (Å²) >= 11 is 0. The fourth-order valence-corrected chi connectivity index (χ4v) is 13.6. The zero-order chi connectivity index (χ0) is 102. The Morgan fingerprint density at radius 1 is 0.369 bits per heavy atom. The third-order valence-corrected chi connectivity index (χ3v) is 20.5. The van der Waals surface area contributed by atoms with Crippen LogP contribution >= 0.6 is 0 Å². The second-order valence-electron chi connectivity index (χ2n) is 30.6. The van der Waals surface area contributed by atoms with E-state index in [-0.39, 0.29) is 163 Å². The van der Waals surface area contributed by atoms with Gasteiger partial charge in [0.05, 0.1) is 124 Å². The Balaban J connectivity index is 0.000000158. The van der Waals surface area contributed by atoms with E-state index < -0.39 is 65.0 Å². The van der Waals surface area contributed by atoms with Crippen LogP contribution in [0.1, 0.15) is 75.4 Å². The second-order valence-corrected chi connectivity index (χ2v) is 30.6. The van der Waals surface area contributed by atoms with Gasteiger partial charge in [-0.1, -0.05) is 25.5 Å². The maximum absolute atomic E-state index is 13.6. The zero-order valence-electron chi connectivity index (χ0n) is 77.3. The first-order valence-corrected chi connectivity index (χ1v) is 42.3. The molecule has 1 amide bonds. The van der Waals surface area contributed by atoms with E-state index in [1.165, 1.54) is 70.8 Å². The maximum atomic E-state index is 13.6. The zero-order valence-corrected chi connectivity index (χ0v) is 77.3. The molecule has 141 heavy (non-hydrogen) atoms. The van der Waals surface area contributed by atoms with Crippen molar-refractivity contribution in [3.8, 4) is 86.7 Å². The maximum Gasteiger partial charge on any atom is 0.418 e. The molecule has 1 saturated heterocycles. The van der Waals surface area contributed by atoms with E-state index in [1.54, 1.807) is 86.2 Å². The summed E-state index contributed by atoms with van der Waals surface area (Å²) in [5.74, 6) is 0.252. The molecule has 0 radical (unpaired) electrons. The molecule has 5 aromatic carbocycles. The van der Waals surface area contributed by atoms with Crippen molar-refractivity contribution < 1.29 is 140 Å². The van der Waals surface area contributed by atoms with Crippen molar-refractivity contribution in [1.82, 2.24) is 80.8 Å². The fraction of sp³-hybridized carbons (Fsp3) is 0.371. The number of aliphatic hydroxyl groups excluding tert-OH is 1. The van der Waals surface area contributed by atoms with Gasteiger partial charge in [-0.2, -0.15) is 65.9 Å². The number of carbonyl (C=O) groups is 1. The quantitative estimate of drug-likeness (QED) is 0.0180. The van der Waals surface area contributed by atoms with Crippen LogP contribution < -0.4 is 50.3 Å². The summed E-state index contributed by atoms with van der Waals surface area (Å²) in [5, 5.41) is 62.9. The lowest BCUT2D eigenvalue weighted by Gasteiger charge is -2.14. The number of amides is 1. The van der Waals surface area contributed by atoms with Crippen LogP contribution in [0.2, 0.25) is 0 Å². The summed E-state index contributed by atoms with van der Waals surface area (Å²) in [5.41, 5.74) is -2.07. The van der Waals surface area contributed by atoms with Crippen LogP contribution in [-0.4, -0.2) is 227 Å². The molecule has 0 bridgehead atoms. The molecule has 15 aromatic rings. The van der Waals surface area contributed by atoms with Gasteiger partial charge < -0.3 is 101 Å². The SMILES string of the molecule is CCOCCCNc1nnc(-c2cc(C)c3cc(OC)cc(C(F)(F)F)c3n2)o1.COCCNc1nnc(-c2cc(C)c3cc(OC)cc(C(F)(F)F)c3n2)o1.COc1cc(C(F)(F)F)c2nc(-c3nnc(NCC(=O)N(C)C)o3)cc(C)c2c1.COc1cc(C(F)(F)F)c2nc(-c3nnc(NCC4OCCO4)o3)cc(C)c2c1.COc1cc(C(F)(F)F)c2nc(-c3nnc(NCCCO)o3)cc(C)c2c1. The molecular formula is C89H90F15N21O16. The Kier molecular flexibility index (Phi) is 33.7. The largest absolute Gasteiger partial charge is 0.497 e. The van der Waals surface area contributed by atoms with E-state index in [4.69, 9.17) is 69.8 Å². The first-order chi connectivity index (χ1) is 66.9. The van der Waals surface area contributed by atoms with Crippen LogP contribution in [0.25, 0.3) is 112 Å². The predicted molar refractivity (Wildman–Crippen MR) is 478 cm³/mol. The van der Waals surface area contributed by atoms with Crippen LogP contribution in [0.5, 0.6) is 28.7 Å². The van der Waals surface area contributed by atoms with Gasteiger partial charge in [-0.15, -0.1) is 25.5 Å². The third kappa shape index (κ3) is 26.4. The Bertz CT molecular complexity index is 6710. The first kappa shape index (κ1) is 105. The molecule has 1 fully saturated rings. The number of alkyl halides is 15. The van der Waals surface area contributed by atoms with Gasteiger partial charge in [-0.3, -0.25) is 4.79 Å². The number of aromatic nitrogens is 15. The Morgan fingerprint density at radius 3 is 0.879 bits per heavy atom. The number of anilines is 5. The van der Waals surface area contributed by atoms with Crippen LogP contribution in [0.4, 0.5) is 95.9 Å². The molecule has 6 N–H and O–H groups in total. The monoisotopic (exact) mass is 1990 g/mol. The number of pyridine rings is 5. The Morgan fingerprint density at radius 2 is 0.631 bits per heavy atom. The van der Waals surface area contributed by atoms with Gasteiger partial charge in [-0.25, -0.2) is 24.9 Å². The van der Waals surface area contributed by atoms with Crippen molar-refractivity contribution in [1.29, 1.82) is 0 Å². The van der Waals surface area contributed by atoms with E-state index in [9.17, 15) is 70.7 Å². The minimum atomic E-state index is -4.63. The number of rotatable bonds is 30. The number of hydrogen-bond acceptors (Lipinski definition) is 36. The number of methoxy groups -OCH3 is 6. The van der Waals surface area contributed by atoms with Crippen molar-refractivity contribution in [3.05, 3.63) is 147 Å². The number of ether oxygens (including phenoxy) is 9.